The highest BCUT2D eigenvalue weighted by molar-refractivity contribution is 7.09. The Labute approximate surface area is 126 Å². The highest BCUT2D eigenvalue weighted by Crippen LogP contribution is 2.28. The third-order valence-electron chi connectivity index (χ3n) is 4.08. The quantitative estimate of drug-likeness (QED) is 0.799. The first kappa shape index (κ1) is 13.0. The van der Waals surface area contributed by atoms with E-state index in [0.29, 0.717) is 5.92 Å². The molecule has 5 heteroatoms. The van der Waals surface area contributed by atoms with Crippen LogP contribution in [0.3, 0.4) is 0 Å². The van der Waals surface area contributed by atoms with Crippen LogP contribution < -0.4 is 0 Å². The molecule has 1 atom stereocenters. The molecule has 0 unspecified atom stereocenters. The van der Waals surface area contributed by atoms with Gasteiger partial charge in [-0.15, -0.1) is 11.3 Å². The van der Waals surface area contributed by atoms with Crippen molar-refractivity contribution < 1.29 is 4.39 Å². The lowest BCUT2D eigenvalue weighted by molar-refractivity contribution is 0.329. The second-order valence-corrected chi connectivity index (χ2v) is 6.62. The van der Waals surface area contributed by atoms with Crippen molar-refractivity contribution in [1.29, 1.82) is 0 Å². The van der Waals surface area contributed by atoms with Crippen LogP contribution in [-0.2, 0) is 6.54 Å². The topological polar surface area (TPSA) is 31.9 Å². The Bertz CT molecular complexity index is 750. The number of H-pyrrole nitrogens is 1. The van der Waals surface area contributed by atoms with Gasteiger partial charge in [0, 0.05) is 23.9 Å². The highest BCUT2D eigenvalue weighted by Gasteiger charge is 2.26. The average molecular weight is 301 g/mol. The maximum absolute atomic E-state index is 13.2. The number of aromatic amines is 1. The number of nitrogens with zero attached hydrogens (tertiary/aromatic N) is 2. The Kier molecular flexibility index (Phi) is 3.24. The maximum Gasteiger partial charge on any atom is 0.125 e. The van der Waals surface area contributed by atoms with E-state index in [-0.39, 0.29) is 5.82 Å². The number of nitrogens with one attached hydrogen (secondary N) is 1. The molecule has 0 saturated carbocycles. The Morgan fingerprint density at radius 2 is 2.33 bits per heavy atom. The van der Waals surface area contributed by atoms with Crippen LogP contribution in [0.15, 0.2) is 35.7 Å². The molecule has 1 fully saturated rings. The number of fused-ring (bicyclic) bond motifs is 1. The van der Waals surface area contributed by atoms with Gasteiger partial charge in [-0.3, -0.25) is 4.90 Å². The van der Waals surface area contributed by atoms with Crippen molar-refractivity contribution >= 4 is 22.4 Å². The summed E-state index contributed by atoms with van der Waals surface area (Å²) in [4.78, 5) is 11.8. The van der Waals surface area contributed by atoms with Crippen LogP contribution in [0.1, 0.15) is 23.0 Å². The van der Waals surface area contributed by atoms with Crippen LogP contribution in [0.5, 0.6) is 0 Å². The minimum Gasteiger partial charge on any atom is -0.342 e. The van der Waals surface area contributed by atoms with Gasteiger partial charge in [0.2, 0.25) is 0 Å². The normalized spacial score (nSPS) is 19.6. The summed E-state index contributed by atoms with van der Waals surface area (Å²) in [5, 5.41) is 2.12. The molecule has 3 nitrogen and oxygen atoms in total. The first-order chi connectivity index (χ1) is 10.3. The van der Waals surface area contributed by atoms with Gasteiger partial charge >= 0.3 is 0 Å². The lowest BCUT2D eigenvalue weighted by Crippen LogP contribution is -2.19. The van der Waals surface area contributed by atoms with Gasteiger partial charge in [0.05, 0.1) is 11.0 Å². The molecular formula is C16H16FN3S. The molecule has 3 aromatic rings. The lowest BCUT2D eigenvalue weighted by atomic mass is 10.1. The molecular weight excluding hydrogens is 285 g/mol. The third-order valence-corrected chi connectivity index (χ3v) is 4.94. The number of rotatable bonds is 3. The van der Waals surface area contributed by atoms with E-state index >= 15 is 0 Å². The summed E-state index contributed by atoms with van der Waals surface area (Å²) in [5.41, 5.74) is 1.64. The molecule has 0 amide bonds. The second kappa shape index (κ2) is 5.24. The van der Waals surface area contributed by atoms with Crippen LogP contribution in [0.25, 0.3) is 11.0 Å². The van der Waals surface area contributed by atoms with Crippen LogP contribution >= 0.6 is 11.3 Å². The largest absolute Gasteiger partial charge is 0.342 e. The van der Waals surface area contributed by atoms with E-state index in [1.54, 1.807) is 17.4 Å². The monoisotopic (exact) mass is 301 g/mol. The molecule has 0 bridgehead atoms. The Balaban J connectivity index is 1.51. The number of likely N-dealkylation sites (tertiary alicyclic amines) is 1. The molecule has 21 heavy (non-hydrogen) atoms. The molecule has 108 valence electrons. The van der Waals surface area contributed by atoms with E-state index < -0.39 is 0 Å². The third kappa shape index (κ3) is 2.59. The smallest absolute Gasteiger partial charge is 0.125 e. The molecule has 1 aromatic carbocycles. The molecule has 1 aliphatic heterocycles. The summed E-state index contributed by atoms with van der Waals surface area (Å²) in [6.45, 7) is 3.12. The summed E-state index contributed by atoms with van der Waals surface area (Å²) in [6, 6.07) is 9.00. The predicted molar refractivity (Wildman–Crippen MR) is 83.0 cm³/mol. The SMILES string of the molecule is Fc1ccc2nc([C@H]3CCN(Cc4cccs4)C3)[nH]c2c1. The predicted octanol–water partition coefficient (Wildman–Crippen LogP) is 3.75. The van der Waals surface area contributed by atoms with Crippen molar-refractivity contribution in [1.82, 2.24) is 14.9 Å². The standard InChI is InChI=1S/C16H16FN3S/c17-12-3-4-14-15(8-12)19-16(18-14)11-5-6-20(9-11)10-13-2-1-7-21-13/h1-4,7-8,11H,5-6,9-10H2,(H,18,19)/t11-/m0/s1. The Hall–Kier alpha value is -1.72. The fourth-order valence-corrected chi connectivity index (χ4v) is 3.76. The molecule has 0 radical (unpaired) electrons. The zero-order valence-corrected chi connectivity index (χ0v) is 12.4. The summed E-state index contributed by atoms with van der Waals surface area (Å²) in [7, 11) is 0. The number of hydrogen-bond acceptors (Lipinski definition) is 3. The summed E-state index contributed by atoms with van der Waals surface area (Å²) in [5.74, 6) is 1.19. The van der Waals surface area contributed by atoms with Gasteiger partial charge in [-0.1, -0.05) is 6.07 Å². The van der Waals surface area contributed by atoms with Gasteiger partial charge in [0.1, 0.15) is 11.6 Å². The fraction of sp³-hybridized carbons (Fsp3) is 0.312. The lowest BCUT2D eigenvalue weighted by Gasteiger charge is -2.13. The molecule has 1 N–H and O–H groups in total. The average Bonchev–Trinajstić information content (AvgIpc) is 3.18. The zero-order valence-electron chi connectivity index (χ0n) is 11.6. The van der Waals surface area contributed by atoms with Gasteiger partial charge in [0.25, 0.3) is 0 Å². The molecule has 4 rings (SSSR count). The van der Waals surface area contributed by atoms with Gasteiger partial charge in [-0.05, 0) is 42.6 Å². The number of thiophene rings is 1. The van der Waals surface area contributed by atoms with Crippen molar-refractivity contribution in [3.63, 3.8) is 0 Å². The molecule has 0 spiro atoms. The van der Waals surface area contributed by atoms with Gasteiger partial charge < -0.3 is 4.98 Å². The van der Waals surface area contributed by atoms with Crippen LogP contribution in [-0.4, -0.2) is 28.0 Å². The van der Waals surface area contributed by atoms with Crippen LogP contribution in [0, 0.1) is 5.82 Å². The maximum atomic E-state index is 13.2. The fourth-order valence-electron chi connectivity index (χ4n) is 3.02. The van der Waals surface area contributed by atoms with E-state index in [9.17, 15) is 4.39 Å². The summed E-state index contributed by atoms with van der Waals surface area (Å²) < 4.78 is 13.2. The first-order valence-electron chi connectivity index (χ1n) is 7.18. The highest BCUT2D eigenvalue weighted by atomic mass is 32.1. The second-order valence-electron chi connectivity index (χ2n) is 5.58. The van der Waals surface area contributed by atoms with Gasteiger partial charge in [-0.25, -0.2) is 9.37 Å². The van der Waals surface area contributed by atoms with E-state index in [2.05, 4.69) is 32.4 Å². The van der Waals surface area contributed by atoms with E-state index in [1.165, 1.54) is 17.0 Å². The summed E-state index contributed by atoms with van der Waals surface area (Å²) in [6.07, 6.45) is 1.10. The number of benzene rings is 1. The van der Waals surface area contributed by atoms with Gasteiger partial charge in [-0.2, -0.15) is 0 Å². The molecule has 3 heterocycles. The van der Waals surface area contributed by atoms with Crippen molar-refractivity contribution in [2.75, 3.05) is 13.1 Å². The van der Waals surface area contributed by atoms with Crippen molar-refractivity contribution in [3.8, 4) is 0 Å². The van der Waals surface area contributed by atoms with E-state index in [1.807, 2.05) is 0 Å². The Morgan fingerprint density at radius 1 is 1.38 bits per heavy atom. The zero-order chi connectivity index (χ0) is 14.2. The van der Waals surface area contributed by atoms with E-state index in [0.717, 1.165) is 42.9 Å². The molecule has 2 aromatic heterocycles. The minimum absolute atomic E-state index is 0.219. The van der Waals surface area contributed by atoms with Crippen LogP contribution in [0.4, 0.5) is 4.39 Å². The Morgan fingerprint density at radius 3 is 3.19 bits per heavy atom. The summed E-state index contributed by atoms with van der Waals surface area (Å²) >= 11 is 1.81. The number of hydrogen-bond donors (Lipinski definition) is 1. The van der Waals surface area contributed by atoms with Crippen LogP contribution in [0.2, 0.25) is 0 Å². The number of imidazole rings is 1. The van der Waals surface area contributed by atoms with E-state index in [4.69, 9.17) is 0 Å². The number of aromatic nitrogens is 2. The van der Waals surface area contributed by atoms with Crippen molar-refractivity contribution in [2.45, 2.75) is 18.9 Å². The van der Waals surface area contributed by atoms with Gasteiger partial charge in [0.15, 0.2) is 0 Å². The molecule has 1 saturated heterocycles. The van der Waals surface area contributed by atoms with Crippen molar-refractivity contribution in [2.24, 2.45) is 0 Å². The minimum atomic E-state index is -0.219. The first-order valence-corrected chi connectivity index (χ1v) is 8.06. The van der Waals surface area contributed by atoms with Crippen molar-refractivity contribution in [3.05, 3.63) is 52.2 Å². The number of halogens is 1. The molecule has 0 aliphatic carbocycles. The molecule has 1 aliphatic rings.